The van der Waals surface area contributed by atoms with Gasteiger partial charge in [-0.25, -0.2) is 30.0 Å². The quantitative estimate of drug-likeness (QED) is 0.409. The Labute approximate surface area is 142 Å². The van der Waals surface area contributed by atoms with Crippen LogP contribution in [0.25, 0.3) is 0 Å². The third-order valence-electron chi connectivity index (χ3n) is 3.17. The molecule has 0 aromatic carbocycles. The number of hydrogen-bond acceptors (Lipinski definition) is 10. The van der Waals surface area contributed by atoms with Crippen molar-refractivity contribution in [1.82, 2.24) is 0 Å². The second-order valence-corrected chi connectivity index (χ2v) is 14.4. The summed E-state index contributed by atoms with van der Waals surface area (Å²) in [5.41, 5.74) is 0. The van der Waals surface area contributed by atoms with Gasteiger partial charge in [0, 0.05) is 0 Å². The molecule has 0 saturated heterocycles. The van der Waals surface area contributed by atoms with Crippen molar-refractivity contribution in [3.8, 4) is 0 Å². The predicted molar refractivity (Wildman–Crippen MR) is 86.7 cm³/mol. The van der Waals surface area contributed by atoms with Gasteiger partial charge in [0.05, 0.1) is 23.0 Å². The van der Waals surface area contributed by atoms with Gasteiger partial charge in [-0.1, -0.05) is 20.8 Å². The molecule has 0 spiro atoms. The molecule has 0 N–H and O–H groups in total. The van der Waals surface area contributed by atoms with Crippen LogP contribution in [0.1, 0.15) is 27.7 Å². The highest BCUT2D eigenvalue weighted by atomic mass is 32.3. The molecular weight excluding hydrogens is 408 g/mol. The largest absolute Gasteiger partial charge is 0.374 e. The lowest BCUT2D eigenvalue weighted by Gasteiger charge is -2.28. The summed E-state index contributed by atoms with van der Waals surface area (Å²) in [6.45, 7) is 3.84. The minimum atomic E-state index is -5.16. The average Bonchev–Trinajstić information content (AvgIpc) is 2.46. The average molecular weight is 429 g/mol. The van der Waals surface area contributed by atoms with Crippen LogP contribution in [0.2, 0.25) is 0 Å². The number of rotatable bonds is 9. The summed E-state index contributed by atoms with van der Waals surface area (Å²) in [4.78, 5) is 12.3. The van der Waals surface area contributed by atoms with Gasteiger partial charge in [-0.2, -0.15) is 8.42 Å². The van der Waals surface area contributed by atoms with E-state index in [0.717, 1.165) is 27.7 Å². The molecule has 0 aliphatic carbocycles. The normalized spacial score (nSPS) is 14.3. The minimum absolute atomic E-state index is 0.792. The summed E-state index contributed by atoms with van der Waals surface area (Å²) in [6.07, 6.45) is 0. The minimum Gasteiger partial charge on any atom is -0.342 e. The maximum absolute atomic E-state index is 12.4. The van der Waals surface area contributed by atoms with E-state index >= 15 is 0 Å². The Bertz CT molecular complexity index is 807. The van der Waals surface area contributed by atoms with Crippen LogP contribution >= 0.6 is 0 Å². The van der Waals surface area contributed by atoms with Crippen LogP contribution in [0, 0.1) is 0 Å². The van der Waals surface area contributed by atoms with E-state index < -0.39 is 72.0 Å². The highest BCUT2D eigenvalue weighted by Crippen LogP contribution is 2.35. The van der Waals surface area contributed by atoms with E-state index in [9.17, 15) is 38.5 Å². The molecule has 0 amide bonds. The topological polar surface area (TPSA) is 163 Å². The molecule has 0 unspecified atom stereocenters. The highest BCUT2D eigenvalue weighted by molar-refractivity contribution is 8.27. The van der Waals surface area contributed by atoms with Gasteiger partial charge in [-0.15, -0.1) is 0 Å². The van der Waals surface area contributed by atoms with Crippen molar-refractivity contribution in [2.75, 3.05) is 23.0 Å². The molecule has 0 radical (unpaired) electrons. The van der Waals surface area contributed by atoms with E-state index in [1.165, 1.54) is 0 Å². The molecule has 14 heteroatoms. The molecule has 0 aliphatic heterocycles. The van der Waals surface area contributed by atoms with E-state index in [2.05, 4.69) is 4.18 Å². The smallest absolute Gasteiger partial charge is 0.342 e. The molecule has 144 valence electrons. The van der Waals surface area contributed by atoms with E-state index in [4.69, 9.17) is 0 Å². The third-order valence-corrected chi connectivity index (χ3v) is 14.1. The molecule has 0 atom stereocenters. The summed E-state index contributed by atoms with van der Waals surface area (Å²) in [5, 5.41) is 0. The highest BCUT2D eigenvalue weighted by Gasteiger charge is 2.70. The van der Waals surface area contributed by atoms with Gasteiger partial charge in [0.2, 0.25) is 0 Å². The lowest BCUT2D eigenvalue weighted by molar-refractivity contribution is -0.132. The Balaban J connectivity index is 7.25. The zero-order chi connectivity index (χ0) is 19.6. The number of carbonyl (C=O) groups is 1. The van der Waals surface area contributed by atoms with Crippen LogP contribution in [-0.4, -0.2) is 66.1 Å². The molecule has 0 aliphatic rings. The first kappa shape index (κ1) is 23.3. The summed E-state index contributed by atoms with van der Waals surface area (Å²) in [5.74, 6) is -6.26. The van der Waals surface area contributed by atoms with E-state index in [-0.39, 0.29) is 0 Å². The Morgan fingerprint density at radius 1 is 0.667 bits per heavy atom. The molecule has 0 rings (SSSR count). The summed E-state index contributed by atoms with van der Waals surface area (Å²) in [6, 6.07) is 0. The fraction of sp³-hybridized carbons (Fsp3) is 0.900. The van der Waals surface area contributed by atoms with Crippen LogP contribution in [-0.2, 0) is 48.6 Å². The van der Waals surface area contributed by atoms with E-state index in [1.807, 2.05) is 0 Å². The summed E-state index contributed by atoms with van der Waals surface area (Å²) in [7, 11) is -20.1. The third kappa shape index (κ3) is 3.60. The zero-order valence-corrected chi connectivity index (χ0v) is 16.8. The van der Waals surface area contributed by atoms with Gasteiger partial charge < -0.3 is 4.18 Å². The number of hydrogen-bond donors (Lipinski definition) is 0. The Hall–Kier alpha value is -0.730. The first-order chi connectivity index (χ1) is 10.6. The fourth-order valence-corrected chi connectivity index (χ4v) is 11.2. The monoisotopic (exact) mass is 428 g/mol. The van der Waals surface area contributed by atoms with Crippen LogP contribution in [0.3, 0.4) is 0 Å². The van der Waals surface area contributed by atoms with Gasteiger partial charge in [0.25, 0.3) is 0 Å². The zero-order valence-electron chi connectivity index (χ0n) is 13.5. The van der Waals surface area contributed by atoms with Gasteiger partial charge in [0.1, 0.15) is 0 Å². The lowest BCUT2D eigenvalue weighted by atomic mass is 10.8. The van der Waals surface area contributed by atoms with Crippen molar-refractivity contribution < 1.29 is 42.6 Å². The van der Waals surface area contributed by atoms with Crippen molar-refractivity contribution in [3.05, 3.63) is 0 Å². The molecule has 0 fully saturated rings. The molecule has 0 bridgehead atoms. The SMILES string of the molecule is CCS(=O)(=O)OC(=O)C(S(=O)(=O)CC)(S(=O)(=O)CC)S(=O)(=O)CC. The fourth-order valence-electron chi connectivity index (χ4n) is 1.76. The van der Waals surface area contributed by atoms with Gasteiger partial charge in [0.15, 0.2) is 29.5 Å². The maximum Gasteiger partial charge on any atom is 0.374 e. The standard InChI is InChI=1S/C10H20O10S4/c1-5-21(12,13)10(22(14,15)6-2,23(16,17)7-3)9(11)20-24(18,19)8-4/h5-8H2,1-4H3. The van der Waals surface area contributed by atoms with Crippen molar-refractivity contribution in [2.24, 2.45) is 0 Å². The molecule has 24 heavy (non-hydrogen) atoms. The maximum atomic E-state index is 12.4. The Morgan fingerprint density at radius 3 is 1.17 bits per heavy atom. The Morgan fingerprint density at radius 2 is 0.958 bits per heavy atom. The number of sulfone groups is 3. The lowest BCUT2D eigenvalue weighted by Crippen LogP contribution is -2.61. The van der Waals surface area contributed by atoms with Crippen LogP contribution in [0.5, 0.6) is 0 Å². The Kier molecular flexibility index (Phi) is 7.03. The summed E-state index contributed by atoms with van der Waals surface area (Å²) >= 11 is 0. The first-order valence-electron chi connectivity index (χ1n) is 6.75. The van der Waals surface area contributed by atoms with Crippen molar-refractivity contribution in [1.29, 1.82) is 0 Å². The van der Waals surface area contributed by atoms with Crippen LogP contribution in [0.4, 0.5) is 0 Å². The number of carbonyl (C=O) groups excluding carboxylic acids is 1. The van der Waals surface area contributed by atoms with Crippen molar-refractivity contribution in [3.63, 3.8) is 0 Å². The van der Waals surface area contributed by atoms with Crippen LogP contribution in [0.15, 0.2) is 0 Å². The summed E-state index contributed by atoms with van der Waals surface area (Å²) < 4.78 is 97.3. The van der Waals surface area contributed by atoms with E-state index in [0.29, 0.717) is 0 Å². The molecule has 0 aromatic heterocycles. The molecule has 0 saturated carbocycles. The van der Waals surface area contributed by atoms with Crippen molar-refractivity contribution in [2.45, 2.75) is 31.1 Å². The second kappa shape index (κ2) is 7.25. The second-order valence-electron chi connectivity index (χ2n) is 4.48. The first-order valence-corrected chi connectivity index (χ1v) is 13.3. The van der Waals surface area contributed by atoms with E-state index in [1.54, 1.807) is 0 Å². The van der Waals surface area contributed by atoms with Crippen molar-refractivity contribution >= 4 is 45.6 Å². The molecule has 10 nitrogen and oxygen atoms in total. The van der Waals surface area contributed by atoms with Crippen LogP contribution < -0.4 is 0 Å². The van der Waals surface area contributed by atoms with Gasteiger partial charge in [-0.05, 0) is 6.92 Å². The predicted octanol–water partition coefficient (Wildman–Crippen LogP) is -1.16. The molecule has 0 aromatic rings. The van der Waals surface area contributed by atoms with Gasteiger partial charge in [-0.3, -0.25) is 0 Å². The van der Waals surface area contributed by atoms with Gasteiger partial charge >= 0.3 is 19.5 Å². The molecular formula is C10H20O10S4. The molecule has 0 heterocycles.